The molecule has 0 N–H and O–H groups in total. The second-order valence-corrected chi connectivity index (χ2v) is 12.8. The first-order valence-electron chi connectivity index (χ1n) is 9.36. The first kappa shape index (κ1) is 22.7. The fourth-order valence-electron chi connectivity index (χ4n) is 3.47. The number of sulfonamides is 1. The Morgan fingerprint density at radius 3 is 2.65 bits per heavy atom. The second kappa shape index (κ2) is 9.17. The molecular weight excluding hydrogens is 542 g/mol. The fraction of sp³-hybridized carbons (Fsp3) is 0.300. The Kier molecular flexibility index (Phi) is 6.72. The van der Waals surface area contributed by atoms with Crippen molar-refractivity contribution in [1.29, 1.82) is 0 Å². The van der Waals surface area contributed by atoms with Crippen molar-refractivity contribution in [2.75, 3.05) is 13.1 Å². The van der Waals surface area contributed by atoms with Crippen molar-refractivity contribution in [3.8, 4) is 12.3 Å². The van der Waals surface area contributed by atoms with E-state index in [1.54, 1.807) is 6.07 Å². The predicted octanol–water partition coefficient (Wildman–Crippen LogP) is 4.34. The van der Waals surface area contributed by atoms with Gasteiger partial charge in [-0.15, -0.1) is 17.8 Å². The third kappa shape index (κ3) is 4.67. The number of thiophene rings is 1. The van der Waals surface area contributed by atoms with Gasteiger partial charge in [-0.25, -0.2) is 8.42 Å². The number of nitrogens with zero attached hydrogens (tertiary/aromatic N) is 3. The van der Waals surface area contributed by atoms with Crippen LogP contribution >= 0.6 is 50.2 Å². The van der Waals surface area contributed by atoms with Gasteiger partial charge in [-0.05, 0) is 43.2 Å². The Bertz CT molecular complexity index is 1360. The van der Waals surface area contributed by atoms with Crippen molar-refractivity contribution >= 4 is 76.4 Å². The van der Waals surface area contributed by atoms with Gasteiger partial charge >= 0.3 is 0 Å². The fourth-order valence-corrected chi connectivity index (χ4v) is 8.16. The average Bonchev–Trinajstić information content (AvgIpc) is 3.32. The van der Waals surface area contributed by atoms with Crippen molar-refractivity contribution in [3.63, 3.8) is 0 Å². The molecule has 1 aliphatic rings. The quantitative estimate of drug-likeness (QED) is 0.447. The molecule has 0 atom stereocenters. The number of hydrogen-bond donors (Lipinski definition) is 0. The topological polar surface area (TPSA) is 71.7 Å². The van der Waals surface area contributed by atoms with E-state index in [2.05, 4.69) is 26.8 Å². The standard InChI is InChI=1S/C20H17BrClN3O3S3/c1-2-9-25-15-4-3-14(21)12-16(15)29-20(25)23-19(26)13-7-10-24(11-8-13)31(27,28)18-6-5-17(22)30-18/h1,3-6,12-13H,7-11H2. The van der Waals surface area contributed by atoms with Gasteiger partial charge in [-0.3, -0.25) is 4.79 Å². The SMILES string of the molecule is C#CCn1c(=NC(=O)C2CCN(S(=O)(=O)c3ccc(Cl)s3)CC2)sc2cc(Br)ccc21. The maximum atomic E-state index is 12.9. The van der Waals surface area contributed by atoms with Crippen LogP contribution in [0.5, 0.6) is 0 Å². The van der Waals surface area contributed by atoms with Crippen molar-refractivity contribution in [1.82, 2.24) is 8.87 Å². The van der Waals surface area contributed by atoms with Crippen LogP contribution in [0.1, 0.15) is 12.8 Å². The minimum absolute atomic E-state index is 0.221. The van der Waals surface area contributed by atoms with Crippen LogP contribution in [0.2, 0.25) is 4.34 Å². The van der Waals surface area contributed by atoms with Crippen LogP contribution in [0.25, 0.3) is 10.2 Å². The van der Waals surface area contributed by atoms with Crippen molar-refractivity contribution in [2.24, 2.45) is 10.9 Å². The first-order chi connectivity index (χ1) is 14.8. The zero-order valence-corrected chi connectivity index (χ0v) is 20.9. The molecule has 0 saturated carbocycles. The number of carbonyl (C=O) groups is 1. The van der Waals surface area contributed by atoms with E-state index in [0.29, 0.717) is 28.5 Å². The number of fused-ring (bicyclic) bond motifs is 1. The van der Waals surface area contributed by atoms with E-state index < -0.39 is 10.0 Å². The molecule has 0 unspecified atom stereocenters. The number of hydrogen-bond acceptors (Lipinski definition) is 5. The molecule has 0 aliphatic carbocycles. The first-order valence-corrected chi connectivity index (χ1v) is 13.6. The molecule has 0 radical (unpaired) electrons. The highest BCUT2D eigenvalue weighted by molar-refractivity contribution is 9.10. The lowest BCUT2D eigenvalue weighted by Crippen LogP contribution is -2.40. The molecule has 11 heteroatoms. The third-order valence-corrected chi connectivity index (χ3v) is 10.2. The number of benzene rings is 1. The van der Waals surface area contributed by atoms with E-state index >= 15 is 0 Å². The normalized spacial score (nSPS) is 16.6. The Balaban J connectivity index is 1.54. The van der Waals surface area contributed by atoms with E-state index in [-0.39, 0.29) is 29.1 Å². The van der Waals surface area contributed by atoms with E-state index in [1.165, 1.54) is 21.7 Å². The summed E-state index contributed by atoms with van der Waals surface area (Å²) < 4.78 is 31.3. The zero-order chi connectivity index (χ0) is 22.2. The molecule has 2 aromatic heterocycles. The summed E-state index contributed by atoms with van der Waals surface area (Å²) in [6, 6.07) is 8.92. The molecule has 4 rings (SSSR count). The summed E-state index contributed by atoms with van der Waals surface area (Å²) in [7, 11) is -3.59. The summed E-state index contributed by atoms with van der Waals surface area (Å²) in [5.74, 6) is 2.05. The lowest BCUT2D eigenvalue weighted by Gasteiger charge is -2.29. The summed E-state index contributed by atoms with van der Waals surface area (Å²) in [6.07, 6.45) is 6.36. The van der Waals surface area contributed by atoms with Crippen LogP contribution in [0.3, 0.4) is 0 Å². The lowest BCUT2D eigenvalue weighted by atomic mass is 9.98. The highest BCUT2D eigenvalue weighted by atomic mass is 79.9. The molecule has 0 bridgehead atoms. The van der Waals surface area contributed by atoms with Crippen molar-refractivity contribution in [2.45, 2.75) is 23.6 Å². The molecule has 6 nitrogen and oxygen atoms in total. The van der Waals surface area contributed by atoms with Crippen LogP contribution in [0, 0.1) is 18.3 Å². The van der Waals surface area contributed by atoms with E-state index in [1.807, 2.05) is 22.8 Å². The molecule has 3 heterocycles. The van der Waals surface area contributed by atoms with Gasteiger partial charge in [0, 0.05) is 23.5 Å². The Labute approximate surface area is 201 Å². The smallest absolute Gasteiger partial charge is 0.252 e. The number of piperidine rings is 1. The number of terminal acetylenes is 1. The number of carbonyl (C=O) groups excluding carboxylic acids is 1. The molecule has 31 heavy (non-hydrogen) atoms. The summed E-state index contributed by atoms with van der Waals surface area (Å²) in [5.41, 5.74) is 0.924. The lowest BCUT2D eigenvalue weighted by molar-refractivity contribution is -0.122. The van der Waals surface area contributed by atoms with Gasteiger partial charge in [0.1, 0.15) is 4.21 Å². The average molecular weight is 559 g/mol. The minimum atomic E-state index is -3.59. The zero-order valence-electron chi connectivity index (χ0n) is 16.1. The molecule has 1 aromatic carbocycles. The van der Waals surface area contributed by atoms with Gasteiger partial charge in [-0.2, -0.15) is 9.30 Å². The maximum absolute atomic E-state index is 12.9. The molecule has 1 amide bonds. The Morgan fingerprint density at radius 2 is 2.00 bits per heavy atom. The largest absolute Gasteiger partial charge is 0.305 e. The van der Waals surface area contributed by atoms with Gasteiger partial charge in [0.25, 0.3) is 15.9 Å². The van der Waals surface area contributed by atoms with Crippen LogP contribution < -0.4 is 4.80 Å². The molecular formula is C20H17BrClN3O3S3. The number of amides is 1. The monoisotopic (exact) mass is 557 g/mol. The van der Waals surface area contributed by atoms with Gasteiger partial charge in [0.05, 0.1) is 21.1 Å². The van der Waals surface area contributed by atoms with Crippen LogP contribution in [-0.2, 0) is 21.4 Å². The Hall–Kier alpha value is -1.48. The number of rotatable bonds is 4. The second-order valence-electron chi connectivity index (χ2n) is 6.97. The maximum Gasteiger partial charge on any atom is 0.252 e. The van der Waals surface area contributed by atoms with Gasteiger partial charge < -0.3 is 4.57 Å². The molecule has 0 spiro atoms. The predicted molar refractivity (Wildman–Crippen MR) is 128 cm³/mol. The number of aromatic nitrogens is 1. The van der Waals surface area contributed by atoms with E-state index in [0.717, 1.165) is 26.0 Å². The van der Waals surface area contributed by atoms with Crippen LogP contribution in [-0.4, -0.2) is 36.3 Å². The summed E-state index contributed by atoms with van der Waals surface area (Å²) >= 11 is 11.8. The van der Waals surface area contributed by atoms with E-state index in [4.69, 9.17) is 18.0 Å². The Morgan fingerprint density at radius 1 is 1.26 bits per heavy atom. The number of thiazole rings is 1. The molecule has 162 valence electrons. The van der Waals surface area contributed by atoms with Gasteiger partial charge in [0.15, 0.2) is 4.80 Å². The van der Waals surface area contributed by atoms with Crippen molar-refractivity contribution < 1.29 is 13.2 Å². The third-order valence-electron chi connectivity index (χ3n) is 5.05. The molecule has 1 saturated heterocycles. The van der Waals surface area contributed by atoms with Crippen LogP contribution in [0.4, 0.5) is 0 Å². The van der Waals surface area contributed by atoms with E-state index in [9.17, 15) is 13.2 Å². The molecule has 1 fully saturated rings. The highest BCUT2D eigenvalue weighted by Gasteiger charge is 2.33. The summed E-state index contributed by atoms with van der Waals surface area (Å²) in [4.78, 5) is 17.8. The van der Waals surface area contributed by atoms with Crippen LogP contribution in [0.15, 0.2) is 44.0 Å². The molecule has 1 aliphatic heterocycles. The number of halogens is 2. The molecule has 3 aromatic rings. The minimum Gasteiger partial charge on any atom is -0.305 e. The van der Waals surface area contributed by atoms with Gasteiger partial charge in [-0.1, -0.05) is 44.8 Å². The van der Waals surface area contributed by atoms with Crippen molar-refractivity contribution in [3.05, 3.63) is 43.9 Å². The summed E-state index contributed by atoms with van der Waals surface area (Å²) in [5, 5.41) is 0. The summed E-state index contributed by atoms with van der Waals surface area (Å²) in [6.45, 7) is 0.856. The van der Waals surface area contributed by atoms with Gasteiger partial charge in [0.2, 0.25) is 0 Å². The highest BCUT2D eigenvalue weighted by Crippen LogP contribution is 2.31.